The Morgan fingerprint density at radius 2 is 2.00 bits per heavy atom. The molecule has 172 valence electrons. The quantitative estimate of drug-likeness (QED) is 0.503. The number of hydrogen-bond donors (Lipinski definition) is 1. The first kappa shape index (κ1) is 22.1. The summed E-state index contributed by atoms with van der Waals surface area (Å²) in [6, 6.07) is 12.4. The van der Waals surface area contributed by atoms with Gasteiger partial charge in [0, 0.05) is 17.9 Å². The largest absolute Gasteiger partial charge is 0.376 e. The summed E-state index contributed by atoms with van der Waals surface area (Å²) in [6.45, 7) is 3.22. The lowest BCUT2D eigenvalue weighted by Crippen LogP contribution is -2.23. The highest BCUT2D eigenvalue weighted by molar-refractivity contribution is 8.00. The molecule has 2 atom stereocenters. The number of aromatic nitrogens is 3. The second-order valence-electron chi connectivity index (χ2n) is 8.65. The van der Waals surface area contributed by atoms with Crippen molar-refractivity contribution in [1.29, 1.82) is 0 Å². The van der Waals surface area contributed by atoms with Crippen molar-refractivity contribution in [1.82, 2.24) is 14.8 Å². The van der Waals surface area contributed by atoms with E-state index in [4.69, 9.17) is 4.74 Å². The molecule has 0 spiro atoms. The van der Waals surface area contributed by atoms with Gasteiger partial charge in [-0.25, -0.2) is 4.39 Å². The molecule has 0 bridgehead atoms. The van der Waals surface area contributed by atoms with Crippen LogP contribution < -0.4 is 5.32 Å². The van der Waals surface area contributed by atoms with Gasteiger partial charge in [0.05, 0.1) is 17.9 Å². The van der Waals surface area contributed by atoms with Crippen molar-refractivity contribution in [2.75, 3.05) is 11.9 Å². The smallest absolute Gasteiger partial charge is 0.237 e. The van der Waals surface area contributed by atoms with Crippen molar-refractivity contribution in [3.63, 3.8) is 0 Å². The molecular formula is C25H27FN4O2S. The van der Waals surface area contributed by atoms with Crippen LogP contribution in [0.5, 0.6) is 0 Å². The van der Waals surface area contributed by atoms with Gasteiger partial charge in [-0.05, 0) is 86.6 Å². The molecule has 8 heteroatoms. The summed E-state index contributed by atoms with van der Waals surface area (Å²) in [4.78, 5) is 12.9. The van der Waals surface area contributed by atoms with Crippen LogP contribution in [0.25, 0.3) is 11.4 Å². The van der Waals surface area contributed by atoms with Gasteiger partial charge in [0.1, 0.15) is 5.82 Å². The summed E-state index contributed by atoms with van der Waals surface area (Å²) in [7, 11) is 0. The number of thioether (sulfide) groups is 1. The number of ether oxygens (including phenoxy) is 1. The van der Waals surface area contributed by atoms with Crippen LogP contribution in [-0.4, -0.2) is 38.6 Å². The Kier molecular flexibility index (Phi) is 6.46. The highest BCUT2D eigenvalue weighted by atomic mass is 32.2. The van der Waals surface area contributed by atoms with Crippen LogP contribution in [0, 0.1) is 5.82 Å². The molecule has 1 saturated heterocycles. The molecule has 0 unspecified atom stereocenters. The lowest BCUT2D eigenvalue weighted by molar-refractivity contribution is -0.115. The van der Waals surface area contributed by atoms with Crippen LogP contribution in [0.1, 0.15) is 37.3 Å². The van der Waals surface area contributed by atoms with Crippen molar-refractivity contribution >= 4 is 23.4 Å². The van der Waals surface area contributed by atoms with Crippen molar-refractivity contribution in [3.05, 3.63) is 59.4 Å². The molecule has 1 amide bonds. The van der Waals surface area contributed by atoms with Gasteiger partial charge >= 0.3 is 0 Å². The van der Waals surface area contributed by atoms with E-state index in [1.165, 1.54) is 41.4 Å². The van der Waals surface area contributed by atoms with Gasteiger partial charge in [-0.2, -0.15) is 0 Å². The Morgan fingerprint density at radius 3 is 2.79 bits per heavy atom. The molecule has 1 aliphatic heterocycles. The molecule has 6 nitrogen and oxygen atoms in total. The van der Waals surface area contributed by atoms with Crippen molar-refractivity contribution in [2.24, 2.45) is 0 Å². The summed E-state index contributed by atoms with van der Waals surface area (Å²) in [5, 5.41) is 12.1. The van der Waals surface area contributed by atoms with E-state index in [1.807, 2.05) is 17.6 Å². The molecule has 1 N–H and O–H groups in total. The number of nitrogens with zero attached hydrogens (tertiary/aromatic N) is 3. The van der Waals surface area contributed by atoms with Gasteiger partial charge in [0.25, 0.3) is 0 Å². The Hall–Kier alpha value is -2.71. The number of nitrogens with one attached hydrogen (secondary N) is 1. The molecule has 3 aromatic rings. The van der Waals surface area contributed by atoms with Gasteiger partial charge in [-0.15, -0.1) is 10.2 Å². The molecule has 2 aliphatic rings. The van der Waals surface area contributed by atoms with E-state index < -0.39 is 0 Å². The first-order valence-electron chi connectivity index (χ1n) is 11.5. The maximum atomic E-state index is 13.4. The summed E-state index contributed by atoms with van der Waals surface area (Å²) in [5.74, 6) is 0.280. The lowest BCUT2D eigenvalue weighted by atomic mass is 10.1. The number of fused-ring (bicyclic) bond motifs is 1. The predicted molar refractivity (Wildman–Crippen MR) is 127 cm³/mol. The first-order chi connectivity index (χ1) is 16.1. The monoisotopic (exact) mass is 466 g/mol. The summed E-state index contributed by atoms with van der Waals surface area (Å²) >= 11 is 1.37. The van der Waals surface area contributed by atoms with E-state index in [-0.39, 0.29) is 23.1 Å². The van der Waals surface area contributed by atoms with Crippen LogP contribution >= 0.6 is 11.8 Å². The first-order valence-corrected chi connectivity index (χ1v) is 12.3. The zero-order valence-corrected chi connectivity index (χ0v) is 19.4. The highest BCUT2D eigenvalue weighted by Crippen LogP contribution is 2.30. The number of carbonyl (C=O) groups is 1. The van der Waals surface area contributed by atoms with Crippen molar-refractivity contribution in [2.45, 2.75) is 62.1 Å². The molecule has 1 aliphatic carbocycles. The molecule has 2 aromatic carbocycles. The molecule has 0 saturated carbocycles. The fourth-order valence-corrected chi connectivity index (χ4v) is 5.31. The normalized spacial score (nSPS) is 18.3. The zero-order chi connectivity index (χ0) is 22.8. The van der Waals surface area contributed by atoms with Crippen LogP contribution in [0.15, 0.2) is 47.6 Å². The Bertz CT molecular complexity index is 1140. The Morgan fingerprint density at radius 1 is 1.18 bits per heavy atom. The van der Waals surface area contributed by atoms with E-state index in [0.717, 1.165) is 43.5 Å². The highest BCUT2D eigenvalue weighted by Gasteiger charge is 2.25. The number of hydrogen-bond acceptors (Lipinski definition) is 5. The van der Waals surface area contributed by atoms with Crippen LogP contribution in [0.3, 0.4) is 0 Å². The van der Waals surface area contributed by atoms with Gasteiger partial charge in [0.2, 0.25) is 5.91 Å². The number of amides is 1. The Balaban J connectivity index is 1.34. The maximum absolute atomic E-state index is 13.4. The van der Waals surface area contributed by atoms with E-state index in [9.17, 15) is 9.18 Å². The molecule has 5 rings (SSSR count). The fourth-order valence-electron chi connectivity index (χ4n) is 4.45. The standard InChI is InChI=1S/C25H27FN4O2S/c1-16(24(31)27-21-12-9-17-4-2-5-19(17)14-21)33-25-29-28-23(18-7-10-20(26)11-8-18)30(25)15-22-6-3-13-32-22/h7-12,14,16,22H,2-6,13,15H2,1H3,(H,27,31)/t16-,22+/m0/s1. The third-order valence-electron chi connectivity index (χ3n) is 6.25. The topological polar surface area (TPSA) is 69.0 Å². The second kappa shape index (κ2) is 9.65. The van der Waals surface area contributed by atoms with E-state index in [0.29, 0.717) is 17.5 Å². The number of benzene rings is 2. The average molecular weight is 467 g/mol. The van der Waals surface area contributed by atoms with Gasteiger partial charge in [-0.1, -0.05) is 17.8 Å². The minimum atomic E-state index is -0.369. The average Bonchev–Trinajstić information content (AvgIpc) is 3.57. The van der Waals surface area contributed by atoms with Crippen molar-refractivity contribution < 1.29 is 13.9 Å². The van der Waals surface area contributed by atoms with Gasteiger partial charge in [0.15, 0.2) is 11.0 Å². The number of anilines is 1. The number of rotatable bonds is 7. The van der Waals surface area contributed by atoms with Crippen molar-refractivity contribution in [3.8, 4) is 11.4 Å². The molecule has 33 heavy (non-hydrogen) atoms. The third kappa shape index (κ3) is 4.96. The number of aryl methyl sites for hydroxylation is 2. The molecule has 0 radical (unpaired) electrons. The third-order valence-corrected chi connectivity index (χ3v) is 7.33. The SMILES string of the molecule is C[C@H](Sc1nnc(-c2ccc(F)cc2)n1C[C@H]1CCCO1)C(=O)Nc1ccc2c(c1)CCC2. The minimum Gasteiger partial charge on any atom is -0.376 e. The predicted octanol–water partition coefficient (Wildman–Crippen LogP) is 4.87. The number of carbonyl (C=O) groups excluding carboxylic acids is 1. The zero-order valence-electron chi connectivity index (χ0n) is 18.6. The minimum absolute atomic E-state index is 0.0760. The lowest BCUT2D eigenvalue weighted by Gasteiger charge is -2.17. The van der Waals surface area contributed by atoms with Gasteiger partial charge < -0.3 is 10.1 Å². The fraction of sp³-hybridized carbons (Fsp3) is 0.400. The van der Waals surface area contributed by atoms with E-state index in [2.05, 4.69) is 27.6 Å². The summed E-state index contributed by atoms with van der Waals surface area (Å²) in [6.07, 6.45) is 5.44. The summed E-state index contributed by atoms with van der Waals surface area (Å²) < 4.78 is 21.3. The molecular weight excluding hydrogens is 439 g/mol. The van der Waals surface area contributed by atoms with Crippen LogP contribution in [0.4, 0.5) is 10.1 Å². The second-order valence-corrected chi connectivity index (χ2v) is 9.95. The summed E-state index contributed by atoms with van der Waals surface area (Å²) in [5.41, 5.74) is 4.32. The van der Waals surface area contributed by atoms with E-state index >= 15 is 0 Å². The maximum Gasteiger partial charge on any atom is 0.237 e. The molecule has 1 fully saturated rings. The molecule has 1 aromatic heterocycles. The molecule has 2 heterocycles. The van der Waals surface area contributed by atoms with Gasteiger partial charge in [-0.3, -0.25) is 9.36 Å². The Labute approximate surface area is 196 Å². The van der Waals surface area contributed by atoms with Crippen LogP contribution in [-0.2, 0) is 28.9 Å². The van der Waals surface area contributed by atoms with E-state index in [1.54, 1.807) is 12.1 Å². The number of halogens is 1. The van der Waals surface area contributed by atoms with Crippen LogP contribution in [0.2, 0.25) is 0 Å².